The van der Waals surface area contributed by atoms with E-state index in [-0.39, 0.29) is 30.1 Å². The molecule has 1 aliphatic carbocycles. The molecule has 0 bridgehead atoms. The molecule has 20 heavy (non-hydrogen) atoms. The molecule has 2 fully saturated rings. The molecule has 0 N–H and O–H groups in total. The van der Waals surface area contributed by atoms with Crippen molar-refractivity contribution in [2.45, 2.75) is 70.9 Å². The van der Waals surface area contributed by atoms with Gasteiger partial charge in [0.1, 0.15) is 12.4 Å². The maximum absolute atomic E-state index is 12.3. The number of rotatable bonds is 3. The molecule has 0 aromatic heterocycles. The summed E-state index contributed by atoms with van der Waals surface area (Å²) in [4.78, 5) is 26.3. The summed E-state index contributed by atoms with van der Waals surface area (Å²) < 4.78 is 5.59. The fourth-order valence-electron chi connectivity index (χ4n) is 3.30. The average Bonchev–Trinajstić information content (AvgIpc) is 2.84. The van der Waals surface area contributed by atoms with Crippen molar-refractivity contribution in [3.05, 3.63) is 0 Å². The predicted molar refractivity (Wildman–Crippen MR) is 77.4 cm³/mol. The molecule has 4 nitrogen and oxygen atoms in total. The third kappa shape index (κ3) is 3.81. The van der Waals surface area contributed by atoms with Crippen LogP contribution >= 0.6 is 0 Å². The lowest BCUT2D eigenvalue weighted by atomic mass is 9.82. The number of hydrogen-bond acceptors (Lipinski definition) is 3. The van der Waals surface area contributed by atoms with Crippen LogP contribution in [0.2, 0.25) is 0 Å². The highest BCUT2D eigenvalue weighted by molar-refractivity contribution is 5.84. The normalized spacial score (nSPS) is 27.9. The van der Waals surface area contributed by atoms with E-state index in [0.29, 0.717) is 12.2 Å². The van der Waals surface area contributed by atoms with E-state index in [2.05, 4.69) is 0 Å². The summed E-state index contributed by atoms with van der Waals surface area (Å²) in [6, 6.07) is 0.124. The number of carbonyl (C=O) groups excluding carboxylic acids is 2. The molecule has 2 unspecified atom stereocenters. The van der Waals surface area contributed by atoms with Gasteiger partial charge in [-0.15, -0.1) is 0 Å². The van der Waals surface area contributed by atoms with Crippen LogP contribution < -0.4 is 0 Å². The van der Waals surface area contributed by atoms with Crippen LogP contribution in [0.3, 0.4) is 0 Å². The van der Waals surface area contributed by atoms with E-state index >= 15 is 0 Å². The van der Waals surface area contributed by atoms with Crippen molar-refractivity contribution in [1.29, 1.82) is 0 Å². The van der Waals surface area contributed by atoms with Crippen LogP contribution in [0.5, 0.6) is 0 Å². The molecule has 1 saturated heterocycles. The Morgan fingerprint density at radius 2 is 2.00 bits per heavy atom. The quantitative estimate of drug-likeness (QED) is 0.798. The molecule has 2 rings (SSSR count). The Hall–Kier alpha value is -0.900. The SMILES string of the molecule is CC(C)(C)OCC(=O)N1CCCC1C1CCCCC1=O. The molecule has 0 radical (unpaired) electrons. The maximum Gasteiger partial charge on any atom is 0.248 e. The first kappa shape index (κ1) is 15.5. The van der Waals surface area contributed by atoms with Crippen LogP contribution in [-0.2, 0) is 14.3 Å². The summed E-state index contributed by atoms with van der Waals surface area (Å²) in [6.45, 7) is 6.76. The highest BCUT2D eigenvalue weighted by Gasteiger charge is 2.38. The highest BCUT2D eigenvalue weighted by atomic mass is 16.5. The molecule has 0 spiro atoms. The van der Waals surface area contributed by atoms with E-state index in [1.54, 1.807) is 0 Å². The second kappa shape index (κ2) is 6.25. The Bertz CT molecular complexity index is 372. The Morgan fingerprint density at radius 1 is 1.25 bits per heavy atom. The minimum atomic E-state index is -0.300. The van der Waals surface area contributed by atoms with Gasteiger partial charge in [0.15, 0.2) is 0 Å². The van der Waals surface area contributed by atoms with Crippen LogP contribution in [0.15, 0.2) is 0 Å². The topological polar surface area (TPSA) is 46.6 Å². The van der Waals surface area contributed by atoms with Gasteiger partial charge in [0.25, 0.3) is 0 Å². The van der Waals surface area contributed by atoms with Crippen LogP contribution in [0.4, 0.5) is 0 Å². The molecule has 2 aliphatic rings. The number of hydrogen-bond donors (Lipinski definition) is 0. The third-order valence-corrected chi connectivity index (χ3v) is 4.31. The van der Waals surface area contributed by atoms with Gasteiger partial charge in [-0.1, -0.05) is 6.42 Å². The summed E-state index contributed by atoms with van der Waals surface area (Å²) in [5.41, 5.74) is -0.300. The van der Waals surface area contributed by atoms with Crippen molar-refractivity contribution in [3.8, 4) is 0 Å². The molecule has 4 heteroatoms. The van der Waals surface area contributed by atoms with Gasteiger partial charge in [-0.2, -0.15) is 0 Å². The van der Waals surface area contributed by atoms with Gasteiger partial charge in [0.2, 0.25) is 5.91 Å². The zero-order valence-electron chi connectivity index (χ0n) is 13.0. The smallest absolute Gasteiger partial charge is 0.248 e. The number of likely N-dealkylation sites (tertiary alicyclic amines) is 1. The third-order valence-electron chi connectivity index (χ3n) is 4.31. The monoisotopic (exact) mass is 281 g/mol. The second-order valence-corrected chi connectivity index (χ2v) is 7.02. The molecule has 1 saturated carbocycles. The Labute approximate surface area is 121 Å². The minimum absolute atomic E-state index is 0.0424. The fourth-order valence-corrected chi connectivity index (χ4v) is 3.30. The summed E-state index contributed by atoms with van der Waals surface area (Å²) in [5, 5.41) is 0. The van der Waals surface area contributed by atoms with Gasteiger partial charge in [-0.3, -0.25) is 9.59 Å². The molecular weight excluding hydrogens is 254 g/mol. The van der Waals surface area contributed by atoms with Crippen LogP contribution in [0.25, 0.3) is 0 Å². The summed E-state index contributed by atoms with van der Waals surface area (Å²) in [5.74, 6) is 0.475. The van der Waals surface area contributed by atoms with Crippen molar-refractivity contribution < 1.29 is 14.3 Å². The van der Waals surface area contributed by atoms with E-state index in [0.717, 1.165) is 38.6 Å². The molecule has 1 amide bonds. The molecule has 1 aliphatic heterocycles. The molecule has 114 valence electrons. The number of Topliss-reactive ketones (excluding diaryl/α,β-unsaturated/α-hetero) is 1. The van der Waals surface area contributed by atoms with E-state index in [9.17, 15) is 9.59 Å². The van der Waals surface area contributed by atoms with E-state index in [1.165, 1.54) is 0 Å². The Morgan fingerprint density at radius 3 is 2.65 bits per heavy atom. The van der Waals surface area contributed by atoms with Gasteiger partial charge in [-0.25, -0.2) is 0 Å². The largest absolute Gasteiger partial charge is 0.366 e. The fraction of sp³-hybridized carbons (Fsp3) is 0.875. The summed E-state index contributed by atoms with van der Waals surface area (Å²) in [6.07, 6.45) is 5.76. The number of ketones is 1. The van der Waals surface area contributed by atoms with Crippen LogP contribution in [-0.4, -0.2) is 41.4 Å². The molecule has 1 heterocycles. The van der Waals surface area contributed by atoms with Gasteiger partial charge in [0.05, 0.1) is 5.60 Å². The maximum atomic E-state index is 12.3. The number of ether oxygens (including phenoxy) is 1. The van der Waals surface area contributed by atoms with Crippen LogP contribution in [0, 0.1) is 5.92 Å². The summed E-state index contributed by atoms with van der Waals surface area (Å²) >= 11 is 0. The predicted octanol–water partition coefficient (Wildman–Crippen LogP) is 2.55. The standard InChI is InChI=1S/C16H27NO3/c1-16(2,3)20-11-15(19)17-10-6-8-13(17)12-7-4-5-9-14(12)18/h12-13H,4-11H2,1-3H3. The molecular formula is C16H27NO3. The Balaban J connectivity index is 1.96. The number of carbonyl (C=O) groups is 2. The summed E-state index contributed by atoms with van der Waals surface area (Å²) in [7, 11) is 0. The van der Waals surface area contributed by atoms with Crippen molar-refractivity contribution >= 4 is 11.7 Å². The lowest BCUT2D eigenvalue weighted by Gasteiger charge is -2.33. The van der Waals surface area contributed by atoms with Gasteiger partial charge >= 0.3 is 0 Å². The zero-order valence-corrected chi connectivity index (χ0v) is 13.0. The zero-order chi connectivity index (χ0) is 14.8. The van der Waals surface area contributed by atoms with Gasteiger partial charge in [0, 0.05) is 24.9 Å². The van der Waals surface area contributed by atoms with E-state index in [4.69, 9.17) is 4.74 Å². The molecule has 0 aromatic carbocycles. The number of nitrogens with zero attached hydrogens (tertiary/aromatic N) is 1. The first-order chi connectivity index (χ1) is 9.38. The van der Waals surface area contributed by atoms with Gasteiger partial charge < -0.3 is 9.64 Å². The van der Waals surface area contributed by atoms with Crippen molar-refractivity contribution in [3.63, 3.8) is 0 Å². The average molecular weight is 281 g/mol. The number of amides is 1. The lowest BCUT2D eigenvalue weighted by Crippen LogP contribution is -2.45. The van der Waals surface area contributed by atoms with Crippen molar-refractivity contribution in [2.24, 2.45) is 5.92 Å². The Kier molecular flexibility index (Phi) is 4.84. The van der Waals surface area contributed by atoms with Crippen LogP contribution in [0.1, 0.15) is 59.3 Å². The van der Waals surface area contributed by atoms with Gasteiger partial charge in [-0.05, 0) is 46.5 Å². The first-order valence-electron chi connectivity index (χ1n) is 7.84. The van der Waals surface area contributed by atoms with E-state index < -0.39 is 0 Å². The highest BCUT2D eigenvalue weighted by Crippen LogP contribution is 2.32. The first-order valence-corrected chi connectivity index (χ1v) is 7.84. The molecule has 2 atom stereocenters. The lowest BCUT2D eigenvalue weighted by molar-refractivity contribution is -0.144. The minimum Gasteiger partial charge on any atom is -0.366 e. The van der Waals surface area contributed by atoms with Crippen molar-refractivity contribution in [1.82, 2.24) is 4.90 Å². The second-order valence-electron chi connectivity index (χ2n) is 7.02. The molecule has 0 aromatic rings. The van der Waals surface area contributed by atoms with E-state index in [1.807, 2.05) is 25.7 Å². The van der Waals surface area contributed by atoms with Crippen molar-refractivity contribution in [2.75, 3.05) is 13.2 Å².